The van der Waals surface area contributed by atoms with E-state index in [2.05, 4.69) is 41.3 Å². The standard InChI is InChI=1S/C18H36N4O/c1-5-23-13-10-18(8-9-18)14-20-17(19-4)21-16-6-11-22(12-7-16)15(2)3/h15-16H,5-14H2,1-4H3,(H2,19,20,21). The van der Waals surface area contributed by atoms with Gasteiger partial charge in [0.15, 0.2) is 5.96 Å². The summed E-state index contributed by atoms with van der Waals surface area (Å²) in [6.45, 7) is 11.7. The lowest BCUT2D eigenvalue weighted by Gasteiger charge is -2.35. The number of hydrogen-bond acceptors (Lipinski definition) is 3. The summed E-state index contributed by atoms with van der Waals surface area (Å²) in [6.07, 6.45) is 6.20. The molecule has 2 fully saturated rings. The number of hydrogen-bond donors (Lipinski definition) is 2. The summed E-state index contributed by atoms with van der Waals surface area (Å²) in [5.41, 5.74) is 0.452. The van der Waals surface area contributed by atoms with E-state index in [4.69, 9.17) is 4.74 Å². The maximum absolute atomic E-state index is 5.52. The highest BCUT2D eigenvalue weighted by Gasteiger charge is 2.42. The number of ether oxygens (including phenoxy) is 1. The van der Waals surface area contributed by atoms with Gasteiger partial charge in [-0.3, -0.25) is 4.99 Å². The second-order valence-corrected chi connectivity index (χ2v) is 7.42. The first-order valence-corrected chi connectivity index (χ1v) is 9.37. The minimum atomic E-state index is 0.452. The van der Waals surface area contributed by atoms with Crippen LogP contribution < -0.4 is 10.6 Å². The number of guanidine groups is 1. The Morgan fingerprint density at radius 1 is 1.30 bits per heavy atom. The van der Waals surface area contributed by atoms with Crippen LogP contribution in [0.15, 0.2) is 4.99 Å². The summed E-state index contributed by atoms with van der Waals surface area (Å²) >= 11 is 0. The van der Waals surface area contributed by atoms with Crippen LogP contribution in [-0.2, 0) is 4.74 Å². The molecular formula is C18H36N4O. The van der Waals surface area contributed by atoms with Gasteiger partial charge in [-0.05, 0) is 58.3 Å². The Bertz CT molecular complexity index is 371. The molecule has 0 aromatic carbocycles. The molecule has 0 unspecified atom stereocenters. The van der Waals surface area contributed by atoms with Gasteiger partial charge in [0, 0.05) is 52.0 Å². The average Bonchev–Trinajstić information content (AvgIpc) is 3.32. The third-order valence-corrected chi connectivity index (χ3v) is 5.39. The van der Waals surface area contributed by atoms with Gasteiger partial charge in [0.1, 0.15) is 0 Å². The van der Waals surface area contributed by atoms with Gasteiger partial charge < -0.3 is 20.3 Å². The van der Waals surface area contributed by atoms with Crippen molar-refractivity contribution in [3.63, 3.8) is 0 Å². The van der Waals surface area contributed by atoms with Crippen LogP contribution in [-0.4, -0.2) is 62.8 Å². The molecule has 1 aliphatic heterocycles. The van der Waals surface area contributed by atoms with Gasteiger partial charge >= 0.3 is 0 Å². The molecule has 0 radical (unpaired) electrons. The zero-order valence-corrected chi connectivity index (χ0v) is 15.5. The predicted octanol–water partition coefficient (Wildman–Crippen LogP) is 2.23. The summed E-state index contributed by atoms with van der Waals surface area (Å²) in [6, 6.07) is 1.21. The van der Waals surface area contributed by atoms with Crippen molar-refractivity contribution in [2.75, 3.05) is 39.9 Å². The van der Waals surface area contributed by atoms with Crippen LogP contribution in [0.2, 0.25) is 0 Å². The Morgan fingerprint density at radius 2 is 2.00 bits per heavy atom. The lowest BCUT2D eigenvalue weighted by atomic mass is 10.0. The lowest BCUT2D eigenvalue weighted by Crippen LogP contribution is -2.50. The van der Waals surface area contributed by atoms with E-state index >= 15 is 0 Å². The molecule has 0 amide bonds. The van der Waals surface area contributed by atoms with E-state index in [-0.39, 0.29) is 0 Å². The highest BCUT2D eigenvalue weighted by atomic mass is 16.5. The van der Waals surface area contributed by atoms with Crippen molar-refractivity contribution in [2.24, 2.45) is 10.4 Å². The molecule has 2 rings (SSSR count). The molecule has 23 heavy (non-hydrogen) atoms. The Balaban J connectivity index is 1.68. The smallest absolute Gasteiger partial charge is 0.191 e. The molecule has 2 aliphatic rings. The molecule has 0 spiro atoms. The molecule has 0 bridgehead atoms. The van der Waals surface area contributed by atoms with Gasteiger partial charge in [0.2, 0.25) is 0 Å². The van der Waals surface area contributed by atoms with Crippen molar-refractivity contribution in [1.82, 2.24) is 15.5 Å². The number of likely N-dealkylation sites (tertiary alicyclic amines) is 1. The van der Waals surface area contributed by atoms with E-state index in [0.717, 1.165) is 32.1 Å². The molecule has 0 aromatic rings. The van der Waals surface area contributed by atoms with Gasteiger partial charge in [-0.1, -0.05) is 0 Å². The van der Waals surface area contributed by atoms with Crippen molar-refractivity contribution < 1.29 is 4.74 Å². The first-order valence-electron chi connectivity index (χ1n) is 9.37. The molecule has 0 aromatic heterocycles. The fourth-order valence-corrected chi connectivity index (χ4v) is 3.34. The number of rotatable bonds is 8. The lowest BCUT2D eigenvalue weighted by molar-refractivity contribution is 0.128. The van der Waals surface area contributed by atoms with E-state index in [1.165, 1.54) is 38.8 Å². The molecule has 5 heteroatoms. The second kappa shape index (κ2) is 8.88. The largest absolute Gasteiger partial charge is 0.382 e. The normalized spacial score (nSPS) is 22.4. The van der Waals surface area contributed by atoms with Crippen molar-refractivity contribution in [3.8, 4) is 0 Å². The monoisotopic (exact) mass is 324 g/mol. The first-order chi connectivity index (χ1) is 11.1. The minimum Gasteiger partial charge on any atom is -0.382 e. The topological polar surface area (TPSA) is 48.9 Å². The van der Waals surface area contributed by atoms with Crippen LogP contribution in [0.5, 0.6) is 0 Å². The van der Waals surface area contributed by atoms with Crippen LogP contribution in [0.4, 0.5) is 0 Å². The number of piperidine rings is 1. The molecule has 2 N–H and O–H groups in total. The molecule has 0 atom stereocenters. The zero-order valence-electron chi connectivity index (χ0n) is 15.5. The minimum absolute atomic E-state index is 0.452. The van der Waals surface area contributed by atoms with E-state index in [0.29, 0.717) is 17.5 Å². The molecule has 1 saturated carbocycles. The van der Waals surface area contributed by atoms with E-state index < -0.39 is 0 Å². The van der Waals surface area contributed by atoms with Crippen LogP contribution >= 0.6 is 0 Å². The molecule has 1 saturated heterocycles. The average molecular weight is 325 g/mol. The maximum atomic E-state index is 5.52. The van der Waals surface area contributed by atoms with E-state index in [9.17, 15) is 0 Å². The maximum Gasteiger partial charge on any atom is 0.191 e. The second-order valence-electron chi connectivity index (χ2n) is 7.42. The molecule has 1 heterocycles. The van der Waals surface area contributed by atoms with Crippen molar-refractivity contribution in [2.45, 2.75) is 65.0 Å². The van der Waals surface area contributed by atoms with Crippen LogP contribution in [0.25, 0.3) is 0 Å². The third kappa shape index (κ3) is 5.96. The number of nitrogens with zero attached hydrogens (tertiary/aromatic N) is 2. The van der Waals surface area contributed by atoms with Gasteiger partial charge in [-0.2, -0.15) is 0 Å². The Labute approximate surface area is 142 Å². The van der Waals surface area contributed by atoms with Crippen molar-refractivity contribution in [1.29, 1.82) is 0 Å². The van der Waals surface area contributed by atoms with Crippen molar-refractivity contribution in [3.05, 3.63) is 0 Å². The number of aliphatic imine (C=N–C) groups is 1. The first kappa shape index (κ1) is 18.5. The Hall–Kier alpha value is -0.810. The predicted molar refractivity (Wildman–Crippen MR) is 97.0 cm³/mol. The van der Waals surface area contributed by atoms with Gasteiger partial charge in [-0.15, -0.1) is 0 Å². The SMILES string of the molecule is CCOCCC1(CNC(=NC)NC2CCN(C(C)C)CC2)CC1. The van der Waals surface area contributed by atoms with Crippen LogP contribution in [0.3, 0.4) is 0 Å². The van der Waals surface area contributed by atoms with Gasteiger partial charge in [0.05, 0.1) is 0 Å². The van der Waals surface area contributed by atoms with Crippen molar-refractivity contribution >= 4 is 5.96 Å². The van der Waals surface area contributed by atoms with Crippen LogP contribution in [0.1, 0.15) is 52.9 Å². The van der Waals surface area contributed by atoms with Gasteiger partial charge in [-0.25, -0.2) is 0 Å². The summed E-state index contributed by atoms with van der Waals surface area (Å²) < 4.78 is 5.52. The summed E-state index contributed by atoms with van der Waals surface area (Å²) in [7, 11) is 1.87. The van der Waals surface area contributed by atoms with Crippen LogP contribution in [0, 0.1) is 5.41 Å². The molecule has 1 aliphatic carbocycles. The molecule has 134 valence electrons. The summed E-state index contributed by atoms with van der Waals surface area (Å²) in [5.74, 6) is 0.968. The third-order valence-electron chi connectivity index (χ3n) is 5.39. The quantitative estimate of drug-likeness (QED) is 0.408. The highest BCUT2D eigenvalue weighted by molar-refractivity contribution is 5.80. The Morgan fingerprint density at radius 3 is 2.52 bits per heavy atom. The molecule has 5 nitrogen and oxygen atoms in total. The molecular weight excluding hydrogens is 288 g/mol. The summed E-state index contributed by atoms with van der Waals surface area (Å²) in [4.78, 5) is 6.97. The highest BCUT2D eigenvalue weighted by Crippen LogP contribution is 2.48. The van der Waals surface area contributed by atoms with E-state index in [1.807, 2.05) is 7.05 Å². The summed E-state index contributed by atoms with van der Waals surface area (Å²) in [5, 5.41) is 7.16. The fourth-order valence-electron chi connectivity index (χ4n) is 3.34. The Kier molecular flexibility index (Phi) is 7.15. The van der Waals surface area contributed by atoms with Gasteiger partial charge in [0.25, 0.3) is 0 Å². The van der Waals surface area contributed by atoms with E-state index in [1.54, 1.807) is 0 Å². The fraction of sp³-hybridized carbons (Fsp3) is 0.944. The number of nitrogens with one attached hydrogen (secondary N) is 2. The zero-order chi connectivity index (χ0) is 16.7.